The van der Waals surface area contributed by atoms with Crippen LogP contribution in [0.5, 0.6) is 0 Å². The van der Waals surface area contributed by atoms with Gasteiger partial charge in [-0.25, -0.2) is 4.39 Å². The van der Waals surface area contributed by atoms with E-state index in [1.807, 2.05) is 0 Å². The SMILES string of the molecule is C=CC[C@@]1(C(=O)OCC(=O)c2ccccc2F)CCCCC(=O)CCC1. The summed E-state index contributed by atoms with van der Waals surface area (Å²) in [5, 5.41) is 0. The van der Waals surface area contributed by atoms with Crippen LogP contribution in [0.4, 0.5) is 4.39 Å². The van der Waals surface area contributed by atoms with Gasteiger partial charge < -0.3 is 4.74 Å². The fraction of sp³-hybridized carbons (Fsp3) is 0.476. The van der Waals surface area contributed by atoms with Crippen LogP contribution in [0.25, 0.3) is 0 Å². The monoisotopic (exact) mass is 360 g/mol. The standard InChI is InChI=1S/C21H25FO4/c1-2-12-21(13-6-5-8-16(23)9-7-14-21)20(25)26-15-19(24)17-10-3-4-11-18(17)22/h2-4,10-11H,1,5-9,12-15H2/t21-/m1/s1. The van der Waals surface area contributed by atoms with E-state index in [4.69, 9.17) is 4.74 Å². The zero-order valence-corrected chi connectivity index (χ0v) is 15.0. The summed E-state index contributed by atoms with van der Waals surface area (Å²) < 4.78 is 19.0. The first kappa shape index (κ1) is 20.0. The van der Waals surface area contributed by atoms with Gasteiger partial charge in [0.15, 0.2) is 6.61 Å². The second kappa shape index (κ2) is 9.41. The summed E-state index contributed by atoms with van der Waals surface area (Å²) in [6.07, 6.45) is 6.35. The quantitative estimate of drug-likeness (QED) is 0.428. The maximum atomic E-state index is 13.7. The normalized spacial score (nSPS) is 21.2. The lowest BCUT2D eigenvalue weighted by Gasteiger charge is -2.30. The van der Waals surface area contributed by atoms with E-state index in [0.29, 0.717) is 38.5 Å². The molecule has 0 saturated heterocycles. The zero-order valence-electron chi connectivity index (χ0n) is 15.0. The van der Waals surface area contributed by atoms with Crippen molar-refractivity contribution in [3.05, 3.63) is 48.3 Å². The molecule has 0 aliphatic heterocycles. The van der Waals surface area contributed by atoms with Crippen molar-refractivity contribution in [3.63, 3.8) is 0 Å². The molecule has 0 amide bonds. The summed E-state index contributed by atoms with van der Waals surface area (Å²) in [7, 11) is 0. The number of carbonyl (C=O) groups is 3. The van der Waals surface area contributed by atoms with E-state index in [0.717, 1.165) is 12.8 Å². The van der Waals surface area contributed by atoms with Crippen molar-refractivity contribution >= 4 is 17.5 Å². The van der Waals surface area contributed by atoms with E-state index in [1.54, 1.807) is 12.1 Å². The molecule has 1 saturated carbocycles. The molecule has 1 aromatic carbocycles. The Morgan fingerprint density at radius 1 is 1.15 bits per heavy atom. The Morgan fingerprint density at radius 3 is 2.58 bits per heavy atom. The van der Waals surface area contributed by atoms with Crippen molar-refractivity contribution in [1.82, 2.24) is 0 Å². The minimum atomic E-state index is -0.762. The highest BCUT2D eigenvalue weighted by Gasteiger charge is 2.38. The lowest BCUT2D eigenvalue weighted by atomic mass is 9.76. The van der Waals surface area contributed by atoms with Crippen LogP contribution in [-0.4, -0.2) is 24.1 Å². The Hall–Kier alpha value is -2.30. The summed E-state index contributed by atoms with van der Waals surface area (Å²) in [5.41, 5.74) is -0.847. The van der Waals surface area contributed by atoms with Crippen LogP contribution in [-0.2, 0) is 14.3 Å². The first-order chi connectivity index (χ1) is 12.5. The molecule has 1 aliphatic rings. The summed E-state index contributed by atoms with van der Waals surface area (Å²) in [4.78, 5) is 36.7. The van der Waals surface area contributed by atoms with Crippen LogP contribution in [0.1, 0.15) is 61.7 Å². The lowest BCUT2D eigenvalue weighted by molar-refractivity contribution is -0.156. The molecule has 0 bridgehead atoms. The van der Waals surface area contributed by atoms with Crippen LogP contribution in [0.3, 0.4) is 0 Å². The highest BCUT2D eigenvalue weighted by atomic mass is 19.1. The first-order valence-corrected chi connectivity index (χ1v) is 9.06. The van der Waals surface area contributed by atoms with E-state index < -0.39 is 29.6 Å². The number of benzene rings is 1. The molecule has 0 unspecified atom stereocenters. The second-order valence-corrected chi connectivity index (χ2v) is 6.85. The van der Waals surface area contributed by atoms with Crippen LogP contribution >= 0.6 is 0 Å². The third-order valence-corrected chi connectivity index (χ3v) is 4.95. The van der Waals surface area contributed by atoms with Gasteiger partial charge in [-0.15, -0.1) is 6.58 Å². The average molecular weight is 360 g/mol. The molecular weight excluding hydrogens is 335 g/mol. The van der Waals surface area contributed by atoms with Crippen molar-refractivity contribution in [2.75, 3.05) is 6.61 Å². The fourth-order valence-electron chi connectivity index (χ4n) is 3.48. The summed E-state index contributed by atoms with van der Waals surface area (Å²) in [5.74, 6) is -1.43. The summed E-state index contributed by atoms with van der Waals surface area (Å²) >= 11 is 0. The van der Waals surface area contributed by atoms with Gasteiger partial charge in [0.05, 0.1) is 11.0 Å². The van der Waals surface area contributed by atoms with Gasteiger partial charge in [-0.1, -0.05) is 24.6 Å². The third kappa shape index (κ3) is 5.10. The molecule has 1 atom stereocenters. The van der Waals surface area contributed by atoms with E-state index >= 15 is 0 Å². The molecule has 140 valence electrons. The predicted molar refractivity (Wildman–Crippen MR) is 96.3 cm³/mol. The van der Waals surface area contributed by atoms with Crippen LogP contribution in [0.2, 0.25) is 0 Å². The van der Waals surface area contributed by atoms with Crippen molar-refractivity contribution < 1.29 is 23.5 Å². The van der Waals surface area contributed by atoms with Crippen molar-refractivity contribution in [2.45, 2.75) is 51.4 Å². The lowest BCUT2D eigenvalue weighted by Crippen LogP contribution is -2.34. The molecule has 26 heavy (non-hydrogen) atoms. The molecular formula is C21H25FO4. The number of ketones is 2. The van der Waals surface area contributed by atoms with Crippen LogP contribution < -0.4 is 0 Å². The molecule has 0 spiro atoms. The Bertz CT molecular complexity index is 682. The topological polar surface area (TPSA) is 60.4 Å². The summed E-state index contributed by atoms with van der Waals surface area (Å²) in [6, 6.07) is 5.63. The molecule has 1 fully saturated rings. The van der Waals surface area contributed by atoms with Crippen molar-refractivity contribution in [2.24, 2.45) is 5.41 Å². The third-order valence-electron chi connectivity index (χ3n) is 4.95. The second-order valence-electron chi connectivity index (χ2n) is 6.85. The Morgan fingerprint density at radius 2 is 1.85 bits per heavy atom. The largest absolute Gasteiger partial charge is 0.457 e. The number of allylic oxidation sites excluding steroid dienone is 1. The maximum Gasteiger partial charge on any atom is 0.312 e. The minimum Gasteiger partial charge on any atom is -0.457 e. The van der Waals surface area contributed by atoms with Gasteiger partial charge in [-0.3, -0.25) is 14.4 Å². The Balaban J connectivity index is 2.07. The molecule has 0 aromatic heterocycles. The average Bonchev–Trinajstić information content (AvgIpc) is 2.71. The molecule has 1 aliphatic carbocycles. The van der Waals surface area contributed by atoms with E-state index in [9.17, 15) is 18.8 Å². The first-order valence-electron chi connectivity index (χ1n) is 9.06. The van der Waals surface area contributed by atoms with Crippen LogP contribution in [0.15, 0.2) is 36.9 Å². The molecule has 2 rings (SSSR count). The van der Waals surface area contributed by atoms with E-state index in [1.165, 1.54) is 18.2 Å². The fourth-order valence-corrected chi connectivity index (χ4v) is 3.48. The number of carbonyl (C=O) groups excluding carboxylic acids is 3. The van der Waals surface area contributed by atoms with E-state index in [-0.39, 0.29) is 11.3 Å². The van der Waals surface area contributed by atoms with Gasteiger partial charge in [-0.05, 0) is 44.2 Å². The van der Waals surface area contributed by atoms with Gasteiger partial charge in [0, 0.05) is 12.8 Å². The highest BCUT2D eigenvalue weighted by Crippen LogP contribution is 2.38. The zero-order chi connectivity index (χ0) is 19.0. The van der Waals surface area contributed by atoms with Gasteiger partial charge >= 0.3 is 5.97 Å². The predicted octanol–water partition coefficient (Wildman–Crippen LogP) is 4.43. The van der Waals surface area contributed by atoms with Crippen molar-refractivity contribution in [3.8, 4) is 0 Å². The van der Waals surface area contributed by atoms with Gasteiger partial charge in [0.1, 0.15) is 11.6 Å². The number of hydrogen-bond acceptors (Lipinski definition) is 4. The van der Waals surface area contributed by atoms with Gasteiger partial charge in [0.25, 0.3) is 0 Å². The smallest absolute Gasteiger partial charge is 0.312 e. The number of Topliss-reactive ketones (excluding diaryl/α,β-unsaturated/α-hetero) is 2. The molecule has 0 N–H and O–H groups in total. The highest BCUT2D eigenvalue weighted by molar-refractivity contribution is 5.98. The van der Waals surface area contributed by atoms with Gasteiger partial charge in [0.2, 0.25) is 5.78 Å². The van der Waals surface area contributed by atoms with Crippen molar-refractivity contribution in [1.29, 1.82) is 0 Å². The summed E-state index contributed by atoms with van der Waals surface area (Å²) in [6.45, 7) is 3.25. The molecule has 0 radical (unpaired) electrons. The number of ether oxygens (including phenoxy) is 1. The molecule has 5 heteroatoms. The Kier molecular flexibility index (Phi) is 7.25. The minimum absolute atomic E-state index is 0.0851. The molecule has 4 nitrogen and oxygen atoms in total. The van der Waals surface area contributed by atoms with Gasteiger partial charge in [-0.2, -0.15) is 0 Å². The molecule has 1 aromatic rings. The number of hydrogen-bond donors (Lipinski definition) is 0. The number of rotatable bonds is 6. The van der Waals surface area contributed by atoms with E-state index in [2.05, 4.69) is 6.58 Å². The molecule has 0 heterocycles. The van der Waals surface area contributed by atoms with Crippen LogP contribution in [0, 0.1) is 11.2 Å². The number of halogens is 1. The Labute approximate surface area is 153 Å². The number of esters is 1. The maximum absolute atomic E-state index is 13.7.